The van der Waals surface area contributed by atoms with E-state index in [1.165, 1.54) is 7.05 Å². The number of carbonyl (C=O) groups excluding carboxylic acids is 1. The number of halogens is 3. The minimum absolute atomic E-state index is 0.587. The van der Waals surface area contributed by atoms with Crippen LogP contribution in [0, 0.1) is 0 Å². The molecule has 66 valence electrons. The first-order valence-corrected chi connectivity index (χ1v) is 2.91. The molecule has 0 aromatic carbocycles. The second-order valence-corrected chi connectivity index (χ2v) is 2.12. The summed E-state index contributed by atoms with van der Waals surface area (Å²) < 4.78 is 34.4. The van der Waals surface area contributed by atoms with Crippen molar-refractivity contribution in [2.24, 2.45) is 5.84 Å². The molecule has 0 atom stereocenters. The van der Waals surface area contributed by atoms with Gasteiger partial charge in [-0.3, -0.25) is 9.80 Å². The van der Waals surface area contributed by atoms with Gasteiger partial charge in [0.2, 0.25) is 5.91 Å². The molecule has 0 aliphatic rings. The molecule has 2 N–H and O–H groups in total. The number of hydrazine groups is 1. The fourth-order valence-electron chi connectivity index (χ4n) is 0.425. The third-order valence-electron chi connectivity index (χ3n) is 1.02. The number of hydrogen-bond acceptors (Lipinski definition) is 2. The molecule has 0 fully saturated rings. The van der Waals surface area contributed by atoms with Gasteiger partial charge < -0.3 is 0 Å². The quantitative estimate of drug-likeness (QED) is 0.376. The van der Waals surface area contributed by atoms with E-state index < -0.39 is 24.9 Å². The number of alkyl halides is 3. The summed E-state index contributed by atoms with van der Waals surface area (Å²) in [6.45, 7) is 0. The topological polar surface area (TPSA) is 46.3 Å². The molecule has 11 heavy (non-hydrogen) atoms. The zero-order valence-corrected chi connectivity index (χ0v) is 5.98. The van der Waals surface area contributed by atoms with Crippen molar-refractivity contribution in [3.05, 3.63) is 0 Å². The lowest BCUT2D eigenvalue weighted by molar-refractivity contribution is -0.148. The van der Waals surface area contributed by atoms with Crippen molar-refractivity contribution >= 4 is 5.91 Å². The van der Waals surface area contributed by atoms with E-state index in [4.69, 9.17) is 5.84 Å². The zero-order chi connectivity index (χ0) is 9.07. The Balaban J connectivity index is 3.64. The Kier molecular flexibility index (Phi) is 3.31. The summed E-state index contributed by atoms with van der Waals surface area (Å²) in [5, 5.41) is 0.645. The molecule has 1 amide bonds. The number of hydrogen-bond donors (Lipinski definition) is 1. The van der Waals surface area contributed by atoms with Crippen molar-refractivity contribution in [2.75, 3.05) is 7.05 Å². The second kappa shape index (κ2) is 3.56. The van der Waals surface area contributed by atoms with Crippen LogP contribution in [0.4, 0.5) is 13.2 Å². The largest absolute Gasteiger partial charge is 0.389 e. The van der Waals surface area contributed by atoms with Crippen molar-refractivity contribution in [2.45, 2.75) is 19.0 Å². The number of nitrogens with two attached hydrogens (primary N) is 1. The summed E-state index contributed by atoms with van der Waals surface area (Å²) >= 11 is 0. The Morgan fingerprint density at radius 3 is 2.27 bits per heavy atom. The lowest BCUT2D eigenvalue weighted by Crippen LogP contribution is -2.33. The molecule has 3 nitrogen and oxygen atoms in total. The van der Waals surface area contributed by atoms with E-state index in [2.05, 4.69) is 0 Å². The number of rotatable bonds is 2. The van der Waals surface area contributed by atoms with Crippen LogP contribution < -0.4 is 5.84 Å². The van der Waals surface area contributed by atoms with E-state index in [1.807, 2.05) is 0 Å². The van der Waals surface area contributed by atoms with Crippen molar-refractivity contribution in [1.82, 2.24) is 5.01 Å². The van der Waals surface area contributed by atoms with Gasteiger partial charge in [0.25, 0.3) is 0 Å². The maximum absolute atomic E-state index is 11.5. The molecular formula is C5H9F3N2O. The molecule has 0 rings (SSSR count). The molecule has 0 spiro atoms. The fourth-order valence-corrected chi connectivity index (χ4v) is 0.425. The maximum Gasteiger partial charge on any atom is 0.389 e. The van der Waals surface area contributed by atoms with Crippen LogP contribution in [0.25, 0.3) is 0 Å². The Bertz CT molecular complexity index is 143. The molecule has 0 bridgehead atoms. The molecule has 0 aliphatic carbocycles. The van der Waals surface area contributed by atoms with E-state index >= 15 is 0 Å². The highest BCUT2D eigenvalue weighted by atomic mass is 19.4. The Morgan fingerprint density at radius 2 is 2.00 bits per heavy atom. The molecule has 0 heterocycles. The predicted octanol–water partition coefficient (Wildman–Crippen LogP) is 0.661. The van der Waals surface area contributed by atoms with Crippen LogP contribution in [-0.2, 0) is 4.79 Å². The standard InChI is InChI=1S/C5H9F3N2O/c1-10(9)4(11)2-3-5(6,7)8/h2-3,9H2,1H3. The van der Waals surface area contributed by atoms with Crippen LogP contribution in [0.15, 0.2) is 0 Å². The molecule has 0 aromatic rings. The second-order valence-electron chi connectivity index (χ2n) is 2.12. The van der Waals surface area contributed by atoms with Gasteiger partial charge in [0.05, 0.1) is 6.42 Å². The summed E-state index contributed by atoms with van der Waals surface area (Å²) in [6, 6.07) is 0. The van der Waals surface area contributed by atoms with E-state index in [-0.39, 0.29) is 0 Å². The first kappa shape index (κ1) is 10.2. The van der Waals surface area contributed by atoms with Crippen LogP contribution in [-0.4, -0.2) is 24.1 Å². The fraction of sp³-hybridized carbons (Fsp3) is 0.800. The molecule has 0 saturated carbocycles. The van der Waals surface area contributed by atoms with E-state index in [9.17, 15) is 18.0 Å². The summed E-state index contributed by atoms with van der Waals surface area (Å²) in [5.74, 6) is 4.16. The van der Waals surface area contributed by atoms with Crippen LogP contribution in [0.5, 0.6) is 0 Å². The average Bonchev–Trinajstić information content (AvgIpc) is 1.80. The van der Waals surface area contributed by atoms with Gasteiger partial charge in [-0.2, -0.15) is 13.2 Å². The van der Waals surface area contributed by atoms with E-state index in [0.29, 0.717) is 5.01 Å². The maximum atomic E-state index is 11.5. The molecule has 0 unspecified atom stereocenters. The average molecular weight is 170 g/mol. The van der Waals surface area contributed by atoms with Crippen LogP contribution in [0.2, 0.25) is 0 Å². The minimum Gasteiger partial charge on any atom is -0.284 e. The van der Waals surface area contributed by atoms with Gasteiger partial charge >= 0.3 is 6.18 Å². The molecule has 0 radical (unpaired) electrons. The third-order valence-corrected chi connectivity index (χ3v) is 1.02. The van der Waals surface area contributed by atoms with Gasteiger partial charge in [0.15, 0.2) is 0 Å². The lowest BCUT2D eigenvalue weighted by Gasteiger charge is -2.10. The Labute approximate surface area is 61.9 Å². The highest BCUT2D eigenvalue weighted by molar-refractivity contribution is 5.75. The Hall–Kier alpha value is -0.780. The van der Waals surface area contributed by atoms with E-state index in [0.717, 1.165) is 0 Å². The summed E-state index contributed by atoms with van der Waals surface area (Å²) in [5.41, 5.74) is 0. The smallest absolute Gasteiger partial charge is 0.284 e. The van der Waals surface area contributed by atoms with Gasteiger partial charge in [-0.15, -0.1) is 0 Å². The van der Waals surface area contributed by atoms with Gasteiger partial charge in [-0.1, -0.05) is 0 Å². The zero-order valence-electron chi connectivity index (χ0n) is 5.98. The number of nitrogens with zero attached hydrogens (tertiary/aromatic N) is 1. The van der Waals surface area contributed by atoms with Crippen molar-refractivity contribution in [1.29, 1.82) is 0 Å². The Morgan fingerprint density at radius 1 is 1.55 bits per heavy atom. The highest BCUT2D eigenvalue weighted by Gasteiger charge is 2.28. The normalized spacial score (nSPS) is 11.4. The first-order chi connectivity index (χ1) is 4.83. The molecule has 6 heteroatoms. The van der Waals surface area contributed by atoms with Gasteiger partial charge in [0.1, 0.15) is 0 Å². The summed E-state index contributed by atoms with van der Waals surface area (Å²) in [7, 11) is 1.21. The minimum atomic E-state index is -4.29. The van der Waals surface area contributed by atoms with Gasteiger partial charge in [0, 0.05) is 13.5 Å². The molecule has 0 saturated heterocycles. The molecule has 0 aliphatic heterocycles. The summed E-state index contributed by atoms with van der Waals surface area (Å²) in [6.07, 6.45) is -5.99. The number of amides is 1. The number of carbonyl (C=O) groups is 1. The third kappa shape index (κ3) is 5.65. The molecular weight excluding hydrogens is 161 g/mol. The van der Waals surface area contributed by atoms with Crippen LogP contribution in [0.1, 0.15) is 12.8 Å². The highest BCUT2D eigenvalue weighted by Crippen LogP contribution is 2.21. The first-order valence-electron chi connectivity index (χ1n) is 2.91. The van der Waals surface area contributed by atoms with Crippen LogP contribution >= 0.6 is 0 Å². The predicted molar refractivity (Wildman–Crippen MR) is 32.2 cm³/mol. The van der Waals surface area contributed by atoms with Gasteiger partial charge in [-0.05, 0) is 0 Å². The van der Waals surface area contributed by atoms with E-state index in [1.54, 1.807) is 0 Å². The van der Waals surface area contributed by atoms with Crippen molar-refractivity contribution in [3.8, 4) is 0 Å². The van der Waals surface area contributed by atoms with Gasteiger partial charge in [-0.25, -0.2) is 5.84 Å². The van der Waals surface area contributed by atoms with Crippen LogP contribution in [0.3, 0.4) is 0 Å². The lowest BCUT2D eigenvalue weighted by atomic mass is 10.3. The molecule has 0 aromatic heterocycles. The van der Waals surface area contributed by atoms with Crippen molar-refractivity contribution in [3.63, 3.8) is 0 Å². The summed E-state index contributed by atoms with van der Waals surface area (Å²) in [4.78, 5) is 10.5. The SMILES string of the molecule is CN(N)C(=O)CCC(F)(F)F. The monoisotopic (exact) mass is 170 g/mol. The van der Waals surface area contributed by atoms with Crippen molar-refractivity contribution < 1.29 is 18.0 Å².